The highest BCUT2D eigenvalue weighted by Gasteiger charge is 2.34. The van der Waals surface area contributed by atoms with Crippen LogP contribution in [0.2, 0.25) is 0 Å². The molecule has 1 amide bonds. The first-order valence-electron chi connectivity index (χ1n) is 9.94. The summed E-state index contributed by atoms with van der Waals surface area (Å²) in [4.78, 5) is 15.2. The average Bonchev–Trinajstić information content (AvgIpc) is 3.49. The van der Waals surface area contributed by atoms with Gasteiger partial charge in [-0.15, -0.1) is 5.10 Å². The van der Waals surface area contributed by atoms with Crippen LogP contribution in [-0.2, 0) is 11.3 Å². The van der Waals surface area contributed by atoms with Gasteiger partial charge in [-0.05, 0) is 60.2 Å². The van der Waals surface area contributed by atoms with Crippen LogP contribution in [0.3, 0.4) is 0 Å². The van der Waals surface area contributed by atoms with Crippen molar-refractivity contribution in [1.29, 1.82) is 0 Å². The van der Waals surface area contributed by atoms with Crippen LogP contribution < -0.4 is 0 Å². The Labute approximate surface area is 175 Å². The number of thioether (sulfide) groups is 1. The van der Waals surface area contributed by atoms with Gasteiger partial charge in [0.25, 0.3) is 0 Å². The third-order valence-corrected chi connectivity index (χ3v) is 6.33. The zero-order valence-corrected chi connectivity index (χ0v) is 17.5. The highest BCUT2D eigenvalue weighted by atomic mass is 32.2. The molecule has 1 aliphatic carbocycles. The Morgan fingerprint density at radius 3 is 2.62 bits per heavy atom. The Hall–Kier alpha value is -2.67. The summed E-state index contributed by atoms with van der Waals surface area (Å²) in [5.74, 6) is 1.05. The molecule has 0 aliphatic heterocycles. The van der Waals surface area contributed by atoms with E-state index in [0.29, 0.717) is 23.4 Å². The quantitative estimate of drug-likeness (QED) is 0.530. The molecule has 0 saturated heterocycles. The van der Waals surface area contributed by atoms with Gasteiger partial charge in [-0.25, -0.2) is 0 Å². The summed E-state index contributed by atoms with van der Waals surface area (Å²) >= 11 is 1.39. The first kappa shape index (κ1) is 19.6. The van der Waals surface area contributed by atoms with Gasteiger partial charge in [-0.3, -0.25) is 4.79 Å². The third-order valence-electron chi connectivity index (χ3n) is 5.42. The van der Waals surface area contributed by atoms with Gasteiger partial charge < -0.3 is 4.90 Å². The maximum Gasteiger partial charge on any atom is 0.233 e. The van der Waals surface area contributed by atoms with Crippen LogP contribution >= 0.6 is 11.8 Å². The molecule has 3 aromatic rings. The molecule has 1 unspecified atom stereocenters. The Morgan fingerprint density at radius 1 is 1.17 bits per heavy atom. The van der Waals surface area contributed by atoms with E-state index in [1.165, 1.54) is 24.6 Å². The van der Waals surface area contributed by atoms with E-state index >= 15 is 0 Å². The normalized spacial score (nSPS) is 14.6. The maximum absolute atomic E-state index is 13.2. The minimum Gasteiger partial charge on any atom is -0.335 e. The Bertz CT molecular complexity index is 970. The van der Waals surface area contributed by atoms with E-state index in [1.807, 2.05) is 54.3 Å². The fraction of sp³-hybridized carbons (Fsp3) is 0.364. The van der Waals surface area contributed by atoms with Gasteiger partial charge >= 0.3 is 0 Å². The molecule has 4 rings (SSSR count). The van der Waals surface area contributed by atoms with E-state index in [4.69, 9.17) is 0 Å². The first-order valence-corrected chi connectivity index (χ1v) is 10.9. The van der Waals surface area contributed by atoms with Crippen molar-refractivity contribution in [2.24, 2.45) is 5.92 Å². The second-order valence-electron chi connectivity index (χ2n) is 7.53. The van der Waals surface area contributed by atoms with E-state index in [1.54, 1.807) is 4.68 Å². The fourth-order valence-electron chi connectivity index (χ4n) is 3.50. The summed E-state index contributed by atoms with van der Waals surface area (Å²) in [6.07, 6.45) is 2.41. The average molecular weight is 408 g/mol. The monoisotopic (exact) mass is 407 g/mol. The van der Waals surface area contributed by atoms with Crippen LogP contribution in [0.25, 0.3) is 5.69 Å². The third kappa shape index (κ3) is 4.67. The molecule has 1 aromatic heterocycles. The SMILES string of the molecule is Cc1ccccc1-n1nnnc1SCC(=O)N(Cc1ccccc1)C(C)C1CC1. The summed E-state index contributed by atoms with van der Waals surface area (Å²) in [7, 11) is 0. The molecule has 0 radical (unpaired) electrons. The van der Waals surface area contributed by atoms with Crippen molar-refractivity contribution in [1.82, 2.24) is 25.1 Å². The van der Waals surface area contributed by atoms with Crippen molar-refractivity contribution >= 4 is 17.7 Å². The Morgan fingerprint density at radius 2 is 1.90 bits per heavy atom. The smallest absolute Gasteiger partial charge is 0.233 e. The highest BCUT2D eigenvalue weighted by molar-refractivity contribution is 7.99. The summed E-state index contributed by atoms with van der Waals surface area (Å²) in [6.45, 7) is 4.83. The van der Waals surface area contributed by atoms with E-state index < -0.39 is 0 Å². The lowest BCUT2D eigenvalue weighted by atomic mass is 10.1. The molecule has 2 aromatic carbocycles. The molecule has 1 atom stereocenters. The van der Waals surface area contributed by atoms with Crippen LogP contribution in [0.1, 0.15) is 30.9 Å². The Kier molecular flexibility index (Phi) is 5.94. The van der Waals surface area contributed by atoms with Crippen molar-refractivity contribution in [2.75, 3.05) is 5.75 Å². The second kappa shape index (κ2) is 8.78. The van der Waals surface area contributed by atoms with Crippen molar-refractivity contribution in [3.8, 4) is 5.69 Å². The minimum absolute atomic E-state index is 0.123. The Balaban J connectivity index is 1.47. The number of carbonyl (C=O) groups excluding carboxylic acids is 1. The van der Waals surface area contributed by atoms with Gasteiger partial charge in [0.05, 0.1) is 11.4 Å². The minimum atomic E-state index is 0.123. The number of carbonyl (C=O) groups is 1. The number of rotatable bonds is 8. The molecule has 6 nitrogen and oxygen atoms in total. The molecule has 1 aliphatic rings. The van der Waals surface area contributed by atoms with Gasteiger partial charge in [0.1, 0.15) is 0 Å². The molecule has 0 bridgehead atoms. The van der Waals surface area contributed by atoms with Crippen LogP contribution in [0, 0.1) is 12.8 Å². The summed E-state index contributed by atoms with van der Waals surface area (Å²) in [5.41, 5.74) is 3.17. The van der Waals surface area contributed by atoms with E-state index in [9.17, 15) is 4.79 Å². The van der Waals surface area contributed by atoms with Crippen LogP contribution in [0.15, 0.2) is 59.8 Å². The topological polar surface area (TPSA) is 63.9 Å². The van der Waals surface area contributed by atoms with Gasteiger partial charge in [-0.2, -0.15) is 4.68 Å². The summed E-state index contributed by atoms with van der Waals surface area (Å²) < 4.78 is 1.71. The van der Waals surface area contributed by atoms with Crippen molar-refractivity contribution in [2.45, 2.75) is 44.4 Å². The molecule has 29 heavy (non-hydrogen) atoms. The second-order valence-corrected chi connectivity index (χ2v) is 8.48. The molecule has 1 heterocycles. The highest BCUT2D eigenvalue weighted by Crippen LogP contribution is 2.36. The lowest BCUT2D eigenvalue weighted by molar-refractivity contribution is -0.131. The lowest BCUT2D eigenvalue weighted by Crippen LogP contribution is -2.40. The van der Waals surface area contributed by atoms with Crippen LogP contribution in [0.5, 0.6) is 0 Å². The van der Waals surface area contributed by atoms with Gasteiger partial charge in [0.15, 0.2) is 0 Å². The van der Waals surface area contributed by atoms with Gasteiger partial charge in [-0.1, -0.05) is 60.3 Å². The number of amides is 1. The number of hydrogen-bond donors (Lipinski definition) is 0. The molecule has 1 fully saturated rings. The standard InChI is InChI=1S/C22H25N5OS/c1-16-8-6-7-11-20(16)27-22(23-24-25-27)29-15-21(28)26(17(2)19-12-13-19)14-18-9-4-3-5-10-18/h3-11,17,19H,12-15H2,1-2H3. The molecule has 0 spiro atoms. The van der Waals surface area contributed by atoms with Crippen molar-refractivity contribution < 1.29 is 4.79 Å². The first-order chi connectivity index (χ1) is 14.1. The van der Waals surface area contributed by atoms with E-state index in [-0.39, 0.29) is 11.9 Å². The fourth-order valence-corrected chi connectivity index (χ4v) is 4.27. The largest absolute Gasteiger partial charge is 0.335 e. The lowest BCUT2D eigenvalue weighted by Gasteiger charge is -2.29. The molecule has 0 N–H and O–H groups in total. The van der Waals surface area contributed by atoms with Crippen molar-refractivity contribution in [3.63, 3.8) is 0 Å². The van der Waals surface area contributed by atoms with Crippen LogP contribution in [-0.4, -0.2) is 42.8 Å². The molecule has 7 heteroatoms. The molecule has 150 valence electrons. The van der Waals surface area contributed by atoms with Crippen LogP contribution in [0.4, 0.5) is 0 Å². The number of nitrogens with zero attached hydrogens (tertiary/aromatic N) is 5. The summed E-state index contributed by atoms with van der Waals surface area (Å²) in [5, 5.41) is 12.7. The van der Waals surface area contributed by atoms with E-state index in [2.05, 4.69) is 34.6 Å². The van der Waals surface area contributed by atoms with Gasteiger partial charge in [0, 0.05) is 12.6 Å². The number of hydrogen-bond acceptors (Lipinski definition) is 5. The molecular formula is C22H25N5OS. The number of tetrazole rings is 1. The summed E-state index contributed by atoms with van der Waals surface area (Å²) in [6, 6.07) is 18.4. The predicted octanol–water partition coefficient (Wildman–Crippen LogP) is 3.89. The number of aromatic nitrogens is 4. The van der Waals surface area contributed by atoms with Crippen molar-refractivity contribution in [3.05, 3.63) is 65.7 Å². The molecule has 1 saturated carbocycles. The maximum atomic E-state index is 13.2. The zero-order chi connectivity index (χ0) is 20.2. The molecular weight excluding hydrogens is 382 g/mol. The zero-order valence-electron chi connectivity index (χ0n) is 16.7. The number of para-hydroxylation sites is 1. The number of benzene rings is 2. The number of aryl methyl sites for hydroxylation is 1. The van der Waals surface area contributed by atoms with Gasteiger partial charge in [0.2, 0.25) is 11.1 Å². The van der Waals surface area contributed by atoms with E-state index in [0.717, 1.165) is 16.8 Å². The predicted molar refractivity (Wildman–Crippen MR) is 114 cm³/mol.